The SMILES string of the molecule is CC(N)C(=O)NC(C)C(=O)NC(C)C(=O)N1CCCC1.CCC(=O)NC(C)C(=O)NC(C)C(=O)NC. The van der Waals surface area contributed by atoms with E-state index in [2.05, 4.69) is 26.6 Å². The lowest BCUT2D eigenvalue weighted by atomic mass is 10.2. The van der Waals surface area contributed by atoms with E-state index in [0.29, 0.717) is 6.42 Å². The topological polar surface area (TPSA) is 192 Å². The molecule has 0 spiro atoms. The van der Waals surface area contributed by atoms with Gasteiger partial charge in [0.1, 0.15) is 24.2 Å². The molecule has 5 atom stereocenters. The Hall–Kier alpha value is -3.22. The minimum atomic E-state index is -0.720. The molecule has 6 amide bonds. The third-order valence-corrected chi connectivity index (χ3v) is 5.40. The summed E-state index contributed by atoms with van der Waals surface area (Å²) in [5, 5.41) is 12.5. The zero-order valence-corrected chi connectivity index (χ0v) is 22.4. The van der Waals surface area contributed by atoms with E-state index in [0.717, 1.165) is 25.9 Å². The molecule has 1 rings (SSSR count). The summed E-state index contributed by atoms with van der Waals surface area (Å²) in [6.07, 6.45) is 2.34. The van der Waals surface area contributed by atoms with Crippen LogP contribution < -0.4 is 32.3 Å². The molecule has 0 aromatic rings. The Kier molecular flexibility index (Phi) is 15.0. The minimum absolute atomic E-state index is 0.0819. The third kappa shape index (κ3) is 12.0. The zero-order chi connectivity index (χ0) is 28.0. The monoisotopic (exact) mass is 513 g/mol. The Bertz CT molecular complexity index is 783. The van der Waals surface area contributed by atoms with Gasteiger partial charge in [0.05, 0.1) is 6.04 Å². The largest absolute Gasteiger partial charge is 0.357 e. The van der Waals surface area contributed by atoms with Crippen LogP contribution in [0.1, 0.15) is 60.8 Å². The molecule has 0 aromatic carbocycles. The van der Waals surface area contributed by atoms with E-state index in [1.807, 2.05) is 0 Å². The molecular weight excluding hydrogens is 470 g/mol. The quantitative estimate of drug-likeness (QED) is 0.197. The van der Waals surface area contributed by atoms with Gasteiger partial charge in [0.2, 0.25) is 35.4 Å². The zero-order valence-electron chi connectivity index (χ0n) is 22.4. The number of likely N-dealkylation sites (tertiary alicyclic amines) is 1. The van der Waals surface area contributed by atoms with Crippen LogP contribution in [-0.4, -0.2) is 90.7 Å². The summed E-state index contributed by atoms with van der Waals surface area (Å²) in [6.45, 7) is 11.1. The number of rotatable bonds is 10. The van der Waals surface area contributed by atoms with Crippen LogP contribution in [0.4, 0.5) is 0 Å². The Morgan fingerprint density at radius 3 is 1.56 bits per heavy atom. The molecular formula is C23H43N7O6. The number of nitrogens with zero attached hydrogens (tertiary/aromatic N) is 1. The molecule has 1 fully saturated rings. The van der Waals surface area contributed by atoms with E-state index in [4.69, 9.17) is 5.73 Å². The Balaban J connectivity index is 0.000000700. The Morgan fingerprint density at radius 1 is 0.694 bits per heavy atom. The molecule has 0 radical (unpaired) electrons. The first kappa shape index (κ1) is 32.8. The smallest absolute Gasteiger partial charge is 0.244 e. The van der Waals surface area contributed by atoms with Crippen molar-refractivity contribution >= 4 is 35.4 Å². The second-order valence-electron chi connectivity index (χ2n) is 8.77. The fourth-order valence-corrected chi connectivity index (χ4v) is 3.05. The number of hydrogen-bond acceptors (Lipinski definition) is 7. The van der Waals surface area contributed by atoms with Crippen LogP contribution in [0.3, 0.4) is 0 Å². The average molecular weight is 514 g/mol. The van der Waals surface area contributed by atoms with Gasteiger partial charge in [0.25, 0.3) is 0 Å². The van der Waals surface area contributed by atoms with E-state index in [9.17, 15) is 28.8 Å². The molecule has 0 aliphatic carbocycles. The standard InChI is InChI=1S/C13H24N4O3.C10H19N3O3/c1-8(14)11(18)15-9(2)12(19)16-10(3)13(20)17-6-4-5-7-17;1-5-8(14)12-7(3)10(16)13-6(2)9(15)11-4/h8-10H,4-7,14H2,1-3H3,(H,15,18)(H,16,19);6-7H,5H2,1-4H3,(H,11,15)(H,12,14)(H,13,16). The molecule has 206 valence electrons. The summed E-state index contributed by atoms with van der Waals surface area (Å²) in [6, 6.07) is -3.23. The van der Waals surface area contributed by atoms with Gasteiger partial charge in [-0.05, 0) is 47.5 Å². The van der Waals surface area contributed by atoms with Crippen molar-refractivity contribution in [3.63, 3.8) is 0 Å². The molecule has 1 aliphatic heterocycles. The van der Waals surface area contributed by atoms with E-state index in [1.54, 1.807) is 46.4 Å². The lowest BCUT2D eigenvalue weighted by Gasteiger charge is -2.23. The molecule has 13 heteroatoms. The average Bonchev–Trinajstić information content (AvgIpc) is 3.37. The van der Waals surface area contributed by atoms with Crippen LogP contribution in [0.5, 0.6) is 0 Å². The van der Waals surface area contributed by atoms with Gasteiger partial charge in [-0.1, -0.05) is 6.92 Å². The van der Waals surface area contributed by atoms with Crippen LogP contribution in [0.15, 0.2) is 0 Å². The highest BCUT2D eigenvalue weighted by Gasteiger charge is 2.26. The van der Waals surface area contributed by atoms with Gasteiger partial charge in [-0.2, -0.15) is 0 Å². The lowest BCUT2D eigenvalue weighted by molar-refractivity contribution is -0.136. The van der Waals surface area contributed by atoms with Crippen LogP contribution in [0.2, 0.25) is 0 Å². The van der Waals surface area contributed by atoms with Crippen molar-refractivity contribution < 1.29 is 28.8 Å². The molecule has 1 heterocycles. The molecule has 0 bridgehead atoms. The van der Waals surface area contributed by atoms with E-state index in [1.165, 1.54) is 7.05 Å². The Morgan fingerprint density at radius 2 is 1.11 bits per heavy atom. The maximum Gasteiger partial charge on any atom is 0.244 e. The number of nitrogens with two attached hydrogens (primary N) is 1. The lowest BCUT2D eigenvalue weighted by Crippen LogP contribution is -2.53. The number of likely N-dealkylation sites (N-methyl/N-ethyl adjacent to an activating group) is 1. The van der Waals surface area contributed by atoms with Crippen LogP contribution in [0, 0.1) is 0 Å². The van der Waals surface area contributed by atoms with Crippen molar-refractivity contribution in [1.82, 2.24) is 31.5 Å². The number of amides is 6. The summed E-state index contributed by atoms with van der Waals surface area (Å²) in [7, 11) is 1.49. The second-order valence-corrected chi connectivity index (χ2v) is 8.77. The number of hydrogen-bond donors (Lipinski definition) is 6. The Labute approximate surface area is 213 Å². The first-order valence-corrected chi connectivity index (χ1v) is 12.2. The summed E-state index contributed by atoms with van der Waals surface area (Å²) in [5.74, 6) is -1.72. The van der Waals surface area contributed by atoms with Gasteiger partial charge in [-0.3, -0.25) is 28.8 Å². The maximum atomic E-state index is 12.0. The van der Waals surface area contributed by atoms with Gasteiger partial charge in [-0.15, -0.1) is 0 Å². The van der Waals surface area contributed by atoms with Crippen molar-refractivity contribution in [1.29, 1.82) is 0 Å². The van der Waals surface area contributed by atoms with Crippen molar-refractivity contribution in [3.05, 3.63) is 0 Å². The summed E-state index contributed by atoms with van der Waals surface area (Å²) < 4.78 is 0. The highest BCUT2D eigenvalue weighted by atomic mass is 16.2. The molecule has 5 unspecified atom stereocenters. The molecule has 36 heavy (non-hydrogen) atoms. The number of nitrogens with one attached hydrogen (secondary N) is 5. The fraction of sp³-hybridized carbons (Fsp3) is 0.739. The van der Waals surface area contributed by atoms with Crippen LogP contribution >= 0.6 is 0 Å². The van der Waals surface area contributed by atoms with E-state index < -0.39 is 36.1 Å². The van der Waals surface area contributed by atoms with Gasteiger partial charge in [0.15, 0.2) is 0 Å². The minimum Gasteiger partial charge on any atom is -0.357 e. The van der Waals surface area contributed by atoms with Crippen molar-refractivity contribution in [3.8, 4) is 0 Å². The predicted molar refractivity (Wildman–Crippen MR) is 134 cm³/mol. The molecule has 1 aliphatic rings. The number of carbonyl (C=O) groups excluding carboxylic acids is 6. The first-order chi connectivity index (χ1) is 16.7. The van der Waals surface area contributed by atoms with Gasteiger partial charge >= 0.3 is 0 Å². The predicted octanol–water partition coefficient (Wildman–Crippen LogP) is -1.88. The highest BCUT2D eigenvalue weighted by molar-refractivity contribution is 5.93. The van der Waals surface area contributed by atoms with Gasteiger partial charge in [0, 0.05) is 26.6 Å². The van der Waals surface area contributed by atoms with Gasteiger partial charge in [-0.25, -0.2) is 0 Å². The van der Waals surface area contributed by atoms with Crippen molar-refractivity contribution in [2.24, 2.45) is 5.73 Å². The normalized spacial score (nSPS) is 16.6. The van der Waals surface area contributed by atoms with E-state index >= 15 is 0 Å². The fourth-order valence-electron chi connectivity index (χ4n) is 3.05. The summed E-state index contributed by atoms with van der Waals surface area (Å²) >= 11 is 0. The molecule has 1 saturated heterocycles. The summed E-state index contributed by atoms with van der Waals surface area (Å²) in [4.78, 5) is 70.8. The maximum absolute atomic E-state index is 12.0. The molecule has 0 saturated carbocycles. The second kappa shape index (κ2) is 16.5. The van der Waals surface area contributed by atoms with Crippen molar-refractivity contribution in [2.45, 2.75) is 91.0 Å². The van der Waals surface area contributed by atoms with Crippen LogP contribution in [-0.2, 0) is 28.8 Å². The van der Waals surface area contributed by atoms with Crippen LogP contribution in [0.25, 0.3) is 0 Å². The van der Waals surface area contributed by atoms with Gasteiger partial charge < -0.3 is 37.2 Å². The molecule has 7 N–H and O–H groups in total. The highest BCUT2D eigenvalue weighted by Crippen LogP contribution is 2.09. The van der Waals surface area contributed by atoms with Crippen molar-refractivity contribution in [2.75, 3.05) is 20.1 Å². The molecule has 0 aromatic heterocycles. The van der Waals surface area contributed by atoms with E-state index in [-0.39, 0.29) is 29.5 Å². The molecule has 13 nitrogen and oxygen atoms in total. The summed E-state index contributed by atoms with van der Waals surface area (Å²) in [5.41, 5.74) is 5.41. The third-order valence-electron chi connectivity index (χ3n) is 5.40. The number of carbonyl (C=O) groups is 6. The first-order valence-electron chi connectivity index (χ1n) is 12.2.